The molecule has 0 saturated heterocycles. The standard InChI is InChI=1S/C32H19ClN2/c33-31-19-30(28-17-20-9-1-3-11-22(20)24-13-5-7-15-26(24)28)34-32(35-31)29-18-21-10-2-4-12-23(21)25-14-6-8-16-27(25)29/h1-19H. The third kappa shape index (κ3) is 3.26. The van der Waals surface area contributed by atoms with Gasteiger partial charge in [-0.1, -0.05) is 109 Å². The van der Waals surface area contributed by atoms with E-state index in [9.17, 15) is 0 Å². The van der Waals surface area contributed by atoms with Crippen LogP contribution in [-0.4, -0.2) is 9.97 Å². The zero-order valence-corrected chi connectivity index (χ0v) is 19.5. The minimum Gasteiger partial charge on any atom is -0.228 e. The van der Waals surface area contributed by atoms with Crippen molar-refractivity contribution >= 4 is 54.7 Å². The highest BCUT2D eigenvalue weighted by Gasteiger charge is 2.15. The van der Waals surface area contributed by atoms with Crippen molar-refractivity contribution < 1.29 is 0 Å². The molecule has 0 aliphatic carbocycles. The monoisotopic (exact) mass is 466 g/mol. The molecule has 2 nitrogen and oxygen atoms in total. The van der Waals surface area contributed by atoms with E-state index in [-0.39, 0.29) is 0 Å². The summed E-state index contributed by atoms with van der Waals surface area (Å²) in [5, 5.41) is 9.85. The molecule has 7 rings (SSSR count). The highest BCUT2D eigenvalue weighted by molar-refractivity contribution is 6.30. The molecule has 1 aromatic heterocycles. The number of nitrogens with zero attached hydrogens (tertiary/aromatic N) is 2. The molecule has 7 aromatic rings. The van der Waals surface area contributed by atoms with Crippen molar-refractivity contribution in [3.05, 3.63) is 120 Å². The number of benzene rings is 6. The van der Waals surface area contributed by atoms with Crippen molar-refractivity contribution in [3.63, 3.8) is 0 Å². The first-order chi connectivity index (χ1) is 17.3. The Hall–Kier alpha value is -4.27. The zero-order valence-electron chi connectivity index (χ0n) is 18.7. The van der Waals surface area contributed by atoms with Crippen LogP contribution in [0.1, 0.15) is 0 Å². The predicted octanol–water partition coefficient (Wildman–Crippen LogP) is 9.08. The minimum absolute atomic E-state index is 0.430. The Morgan fingerprint density at radius 1 is 0.429 bits per heavy atom. The smallest absolute Gasteiger partial charge is 0.162 e. The van der Waals surface area contributed by atoms with Crippen LogP contribution in [0.4, 0.5) is 0 Å². The van der Waals surface area contributed by atoms with Gasteiger partial charge in [0.1, 0.15) is 5.15 Å². The summed E-state index contributed by atoms with van der Waals surface area (Å²) in [5.41, 5.74) is 2.85. The second-order valence-electron chi connectivity index (χ2n) is 8.78. The average Bonchev–Trinajstić information content (AvgIpc) is 2.92. The largest absolute Gasteiger partial charge is 0.228 e. The van der Waals surface area contributed by atoms with E-state index in [0.29, 0.717) is 11.0 Å². The molecular weight excluding hydrogens is 448 g/mol. The zero-order chi connectivity index (χ0) is 23.4. The molecule has 0 aliphatic rings. The number of halogens is 1. The number of hydrogen-bond acceptors (Lipinski definition) is 2. The molecule has 35 heavy (non-hydrogen) atoms. The first-order valence-corrected chi connectivity index (χ1v) is 12.0. The van der Waals surface area contributed by atoms with Gasteiger partial charge in [0.25, 0.3) is 0 Å². The Morgan fingerprint density at radius 2 is 0.886 bits per heavy atom. The Bertz CT molecular complexity index is 1790. The molecule has 0 N–H and O–H groups in total. The maximum absolute atomic E-state index is 6.64. The number of rotatable bonds is 2. The van der Waals surface area contributed by atoms with Crippen LogP contribution in [0.25, 0.3) is 65.7 Å². The maximum atomic E-state index is 6.64. The van der Waals surface area contributed by atoms with Crippen LogP contribution < -0.4 is 0 Å². The first-order valence-electron chi connectivity index (χ1n) is 11.6. The summed E-state index contributed by atoms with van der Waals surface area (Å²) in [5.74, 6) is 0.631. The van der Waals surface area contributed by atoms with E-state index in [0.717, 1.165) is 33.0 Å². The lowest BCUT2D eigenvalue weighted by Crippen LogP contribution is -1.95. The first kappa shape index (κ1) is 20.1. The van der Waals surface area contributed by atoms with Crippen LogP contribution in [-0.2, 0) is 0 Å². The van der Waals surface area contributed by atoms with Crippen LogP contribution >= 0.6 is 11.6 Å². The van der Waals surface area contributed by atoms with Gasteiger partial charge in [-0.05, 0) is 55.2 Å². The quantitative estimate of drug-likeness (QED) is 0.187. The number of hydrogen-bond donors (Lipinski definition) is 0. The van der Waals surface area contributed by atoms with E-state index >= 15 is 0 Å². The van der Waals surface area contributed by atoms with Gasteiger partial charge >= 0.3 is 0 Å². The van der Waals surface area contributed by atoms with Crippen molar-refractivity contribution in [2.45, 2.75) is 0 Å². The van der Waals surface area contributed by atoms with Crippen LogP contribution in [0.3, 0.4) is 0 Å². The fraction of sp³-hybridized carbons (Fsp3) is 0. The van der Waals surface area contributed by atoms with Crippen molar-refractivity contribution in [2.24, 2.45) is 0 Å². The van der Waals surface area contributed by atoms with Gasteiger partial charge in [-0.3, -0.25) is 0 Å². The lowest BCUT2D eigenvalue weighted by atomic mass is 9.95. The molecule has 3 heteroatoms. The molecule has 0 atom stereocenters. The summed E-state index contributed by atoms with van der Waals surface area (Å²) in [4.78, 5) is 9.78. The van der Waals surface area contributed by atoms with Crippen molar-refractivity contribution in [1.82, 2.24) is 9.97 Å². The Balaban J connectivity index is 1.54. The molecule has 164 valence electrons. The molecule has 6 aromatic carbocycles. The van der Waals surface area contributed by atoms with E-state index < -0.39 is 0 Å². The molecule has 0 unspecified atom stereocenters. The van der Waals surface area contributed by atoms with Gasteiger partial charge in [0, 0.05) is 17.2 Å². The maximum Gasteiger partial charge on any atom is 0.162 e. The molecule has 0 amide bonds. The highest BCUT2D eigenvalue weighted by Crippen LogP contribution is 2.37. The van der Waals surface area contributed by atoms with Crippen LogP contribution in [0, 0.1) is 0 Å². The van der Waals surface area contributed by atoms with Gasteiger partial charge in [-0.2, -0.15) is 0 Å². The van der Waals surface area contributed by atoms with Gasteiger partial charge in [0.2, 0.25) is 0 Å². The van der Waals surface area contributed by atoms with E-state index in [1.54, 1.807) is 0 Å². The van der Waals surface area contributed by atoms with Gasteiger partial charge in [-0.15, -0.1) is 0 Å². The third-order valence-corrected chi connectivity index (χ3v) is 6.94. The topological polar surface area (TPSA) is 25.8 Å². The molecule has 0 radical (unpaired) electrons. The normalized spacial score (nSPS) is 11.6. The third-order valence-electron chi connectivity index (χ3n) is 6.75. The molecule has 1 heterocycles. The second kappa shape index (κ2) is 7.90. The fourth-order valence-corrected chi connectivity index (χ4v) is 5.36. The summed E-state index contributed by atoms with van der Waals surface area (Å²) >= 11 is 6.64. The fourth-order valence-electron chi connectivity index (χ4n) is 5.18. The molecule has 0 fully saturated rings. The predicted molar refractivity (Wildman–Crippen MR) is 148 cm³/mol. The van der Waals surface area contributed by atoms with Gasteiger partial charge < -0.3 is 0 Å². The molecule has 0 bridgehead atoms. The molecule has 0 spiro atoms. The van der Waals surface area contributed by atoms with E-state index in [2.05, 4.69) is 114 Å². The van der Waals surface area contributed by atoms with E-state index in [1.165, 1.54) is 26.9 Å². The molecule has 0 saturated carbocycles. The lowest BCUT2D eigenvalue weighted by Gasteiger charge is -2.13. The SMILES string of the molecule is Clc1cc(-c2cc3ccccc3c3ccccc23)nc(-c2cc3ccccc3c3ccccc23)n1. The summed E-state index contributed by atoms with van der Waals surface area (Å²) < 4.78 is 0. The van der Waals surface area contributed by atoms with E-state index in [1.807, 2.05) is 6.07 Å². The Labute approximate surface area is 207 Å². The van der Waals surface area contributed by atoms with Gasteiger partial charge in [-0.25, -0.2) is 9.97 Å². The number of aromatic nitrogens is 2. The minimum atomic E-state index is 0.430. The summed E-state index contributed by atoms with van der Waals surface area (Å²) in [6.07, 6.45) is 0. The average molecular weight is 467 g/mol. The highest BCUT2D eigenvalue weighted by atomic mass is 35.5. The second-order valence-corrected chi connectivity index (χ2v) is 9.17. The number of fused-ring (bicyclic) bond motifs is 6. The van der Waals surface area contributed by atoms with Crippen LogP contribution in [0.2, 0.25) is 5.15 Å². The Morgan fingerprint density at radius 3 is 1.49 bits per heavy atom. The molecular formula is C32H19ClN2. The summed E-state index contributed by atoms with van der Waals surface area (Å²) in [7, 11) is 0. The summed E-state index contributed by atoms with van der Waals surface area (Å²) in [6.45, 7) is 0. The van der Waals surface area contributed by atoms with Gasteiger partial charge in [0.15, 0.2) is 5.82 Å². The van der Waals surface area contributed by atoms with Crippen LogP contribution in [0.5, 0.6) is 0 Å². The Kier molecular flexibility index (Phi) is 4.54. The van der Waals surface area contributed by atoms with E-state index in [4.69, 9.17) is 16.6 Å². The van der Waals surface area contributed by atoms with Crippen LogP contribution in [0.15, 0.2) is 115 Å². The van der Waals surface area contributed by atoms with Gasteiger partial charge in [0.05, 0.1) is 5.69 Å². The van der Waals surface area contributed by atoms with Crippen molar-refractivity contribution in [2.75, 3.05) is 0 Å². The van der Waals surface area contributed by atoms with Crippen molar-refractivity contribution in [3.8, 4) is 22.6 Å². The van der Waals surface area contributed by atoms with Crippen molar-refractivity contribution in [1.29, 1.82) is 0 Å². The lowest BCUT2D eigenvalue weighted by molar-refractivity contribution is 1.19. The summed E-state index contributed by atoms with van der Waals surface area (Å²) in [6, 6.07) is 40.0. The molecule has 0 aliphatic heterocycles.